The topological polar surface area (TPSA) is 126 Å². The van der Waals surface area contributed by atoms with Crippen LogP contribution in [0.15, 0.2) is 81.2 Å². The molecule has 1 saturated heterocycles. The first-order chi connectivity index (χ1) is 19.7. The van der Waals surface area contributed by atoms with Gasteiger partial charge in [-0.15, -0.1) is 0 Å². The number of fused-ring (bicyclic) bond motifs is 1. The van der Waals surface area contributed by atoms with Crippen molar-refractivity contribution in [2.24, 2.45) is 5.10 Å². The van der Waals surface area contributed by atoms with Crippen LogP contribution < -0.4 is 5.01 Å². The van der Waals surface area contributed by atoms with Crippen molar-refractivity contribution in [3.05, 3.63) is 92.4 Å². The molecule has 13 heteroatoms. The lowest BCUT2D eigenvalue weighted by molar-refractivity contribution is -0.384. The summed E-state index contributed by atoms with van der Waals surface area (Å²) in [5.74, 6) is -0.505. The second-order valence-corrected chi connectivity index (χ2v) is 13.3. The van der Waals surface area contributed by atoms with Crippen LogP contribution >= 0.6 is 27.3 Å². The molecule has 0 N–H and O–H groups in total. The first-order valence-electron chi connectivity index (χ1n) is 13.0. The maximum atomic E-state index is 13.7. The van der Waals surface area contributed by atoms with Gasteiger partial charge in [-0.05, 0) is 79.4 Å². The summed E-state index contributed by atoms with van der Waals surface area (Å²) in [6.07, 6.45) is 4.84. The molecule has 212 valence electrons. The summed E-state index contributed by atoms with van der Waals surface area (Å²) >= 11 is 4.72. The third-order valence-electron chi connectivity index (χ3n) is 6.89. The monoisotopic (exact) mass is 655 g/mol. The van der Waals surface area contributed by atoms with Gasteiger partial charge in [0.1, 0.15) is 0 Å². The minimum absolute atomic E-state index is 0.0293. The number of sulfonamides is 1. The van der Waals surface area contributed by atoms with E-state index in [-0.39, 0.29) is 22.2 Å². The van der Waals surface area contributed by atoms with Gasteiger partial charge in [0.15, 0.2) is 0 Å². The number of amides is 1. The highest BCUT2D eigenvalue weighted by Gasteiger charge is 2.32. The fourth-order valence-electron chi connectivity index (χ4n) is 4.70. The molecule has 1 aromatic heterocycles. The second-order valence-electron chi connectivity index (χ2n) is 9.52. The SMILES string of the molecule is CCC1CCCCN1S(=O)(=O)c1ccc(C(=O)N(/N=C/c2ccc([N+](=O)[O-])cc2)c2nc3ccc(Br)cc3s2)cc1. The highest BCUT2D eigenvalue weighted by Crippen LogP contribution is 2.32. The largest absolute Gasteiger partial charge is 0.280 e. The van der Waals surface area contributed by atoms with E-state index >= 15 is 0 Å². The maximum Gasteiger partial charge on any atom is 0.280 e. The Bertz CT molecular complexity index is 1720. The number of rotatable bonds is 8. The smallest absolute Gasteiger partial charge is 0.267 e. The van der Waals surface area contributed by atoms with Gasteiger partial charge in [-0.1, -0.05) is 40.6 Å². The number of thiazole rings is 1. The van der Waals surface area contributed by atoms with Gasteiger partial charge in [0.25, 0.3) is 11.6 Å². The molecule has 0 radical (unpaired) electrons. The number of piperidine rings is 1. The van der Waals surface area contributed by atoms with Crippen molar-refractivity contribution in [2.75, 3.05) is 11.6 Å². The summed E-state index contributed by atoms with van der Waals surface area (Å²) in [7, 11) is -3.70. The summed E-state index contributed by atoms with van der Waals surface area (Å²) in [6, 6.07) is 17.2. The first kappa shape index (κ1) is 29.0. The van der Waals surface area contributed by atoms with Gasteiger partial charge >= 0.3 is 0 Å². The first-order valence-corrected chi connectivity index (χ1v) is 16.0. The lowest BCUT2D eigenvalue weighted by Gasteiger charge is -2.34. The van der Waals surface area contributed by atoms with Crippen LogP contribution in [-0.4, -0.2) is 47.3 Å². The van der Waals surface area contributed by atoms with Crippen LogP contribution in [0.3, 0.4) is 0 Å². The lowest BCUT2D eigenvalue weighted by Crippen LogP contribution is -2.43. The van der Waals surface area contributed by atoms with Crippen LogP contribution in [0.4, 0.5) is 10.8 Å². The van der Waals surface area contributed by atoms with E-state index in [1.807, 2.05) is 25.1 Å². The van der Waals surface area contributed by atoms with E-state index in [0.29, 0.717) is 22.8 Å². The van der Waals surface area contributed by atoms with Crippen molar-refractivity contribution in [1.82, 2.24) is 9.29 Å². The van der Waals surface area contributed by atoms with Gasteiger partial charge < -0.3 is 0 Å². The number of nitrogens with zero attached hydrogens (tertiary/aromatic N) is 5. The zero-order chi connectivity index (χ0) is 29.1. The summed E-state index contributed by atoms with van der Waals surface area (Å²) in [4.78, 5) is 29.0. The van der Waals surface area contributed by atoms with Crippen molar-refractivity contribution in [1.29, 1.82) is 0 Å². The Kier molecular flexibility index (Phi) is 8.59. The fraction of sp³-hybridized carbons (Fsp3) is 0.250. The number of nitro benzene ring substituents is 1. The van der Waals surface area contributed by atoms with Crippen LogP contribution in [0, 0.1) is 10.1 Å². The summed E-state index contributed by atoms with van der Waals surface area (Å²) in [5.41, 5.74) is 1.41. The van der Waals surface area contributed by atoms with Crippen molar-refractivity contribution < 1.29 is 18.1 Å². The third kappa shape index (κ3) is 6.22. The van der Waals surface area contributed by atoms with Gasteiger partial charge in [-0.3, -0.25) is 14.9 Å². The maximum absolute atomic E-state index is 13.7. The molecule has 3 aromatic carbocycles. The number of nitro groups is 1. The lowest BCUT2D eigenvalue weighted by atomic mass is 10.0. The van der Waals surface area contributed by atoms with Gasteiger partial charge in [-0.25, -0.2) is 13.4 Å². The molecule has 1 aliphatic rings. The normalized spacial score (nSPS) is 16.3. The Balaban J connectivity index is 1.47. The van der Waals surface area contributed by atoms with Gasteiger partial charge in [0, 0.05) is 34.8 Å². The molecule has 0 spiro atoms. The highest BCUT2D eigenvalue weighted by molar-refractivity contribution is 9.10. The molecule has 5 rings (SSSR count). The third-order valence-corrected chi connectivity index (χ3v) is 10.3. The second kappa shape index (κ2) is 12.1. The number of aromatic nitrogens is 1. The summed E-state index contributed by atoms with van der Waals surface area (Å²) in [5, 5.41) is 16.9. The van der Waals surface area contributed by atoms with E-state index in [2.05, 4.69) is 26.0 Å². The molecule has 1 atom stereocenters. The van der Waals surface area contributed by atoms with Crippen LogP contribution in [0.1, 0.15) is 48.5 Å². The highest BCUT2D eigenvalue weighted by atomic mass is 79.9. The van der Waals surface area contributed by atoms with Crippen LogP contribution in [-0.2, 0) is 10.0 Å². The standard InChI is InChI=1S/C28H26BrN5O5S2/c1-2-22-5-3-4-16-32(22)41(38,39)24-13-8-20(9-14-24)27(35)33(28-31-25-15-10-21(29)17-26(25)40-28)30-18-19-6-11-23(12-7-19)34(36)37/h6-15,17-18,22H,2-5,16H2,1H3/b30-18+. The Morgan fingerprint density at radius 3 is 2.59 bits per heavy atom. The molecule has 41 heavy (non-hydrogen) atoms. The van der Waals surface area contributed by atoms with E-state index in [1.54, 1.807) is 4.31 Å². The molecule has 1 aliphatic heterocycles. The number of benzene rings is 3. The number of carbonyl (C=O) groups excluding carboxylic acids is 1. The molecule has 10 nitrogen and oxygen atoms in total. The Morgan fingerprint density at radius 1 is 1.17 bits per heavy atom. The molecule has 0 saturated carbocycles. The van der Waals surface area contributed by atoms with Crippen LogP contribution in [0.25, 0.3) is 10.2 Å². The minimum Gasteiger partial charge on any atom is -0.267 e. The zero-order valence-corrected chi connectivity index (χ0v) is 25.2. The Labute approximate surface area is 249 Å². The Hall–Kier alpha value is -3.52. The molecular formula is C28H26BrN5O5S2. The fourth-order valence-corrected chi connectivity index (χ4v) is 7.94. The number of halogens is 1. The van der Waals surface area contributed by atoms with E-state index < -0.39 is 20.9 Å². The average molecular weight is 657 g/mol. The molecule has 4 aromatic rings. The van der Waals surface area contributed by atoms with E-state index in [1.165, 1.54) is 66.1 Å². The predicted molar refractivity (Wildman–Crippen MR) is 163 cm³/mol. The van der Waals surface area contributed by atoms with Gasteiger partial charge in [0.05, 0.1) is 26.3 Å². The van der Waals surface area contributed by atoms with E-state index in [9.17, 15) is 23.3 Å². The number of hydrazone groups is 1. The van der Waals surface area contributed by atoms with Gasteiger partial charge in [-0.2, -0.15) is 14.4 Å². The van der Waals surface area contributed by atoms with E-state index in [4.69, 9.17) is 0 Å². The summed E-state index contributed by atoms with van der Waals surface area (Å²) < 4.78 is 30.1. The number of non-ortho nitro benzene ring substituents is 1. The van der Waals surface area contributed by atoms with Crippen LogP contribution in [0.2, 0.25) is 0 Å². The number of anilines is 1. The number of hydrogen-bond donors (Lipinski definition) is 0. The molecular weight excluding hydrogens is 630 g/mol. The minimum atomic E-state index is -3.70. The summed E-state index contributed by atoms with van der Waals surface area (Å²) in [6.45, 7) is 2.48. The average Bonchev–Trinajstić information content (AvgIpc) is 3.40. The Morgan fingerprint density at radius 2 is 1.90 bits per heavy atom. The molecule has 0 bridgehead atoms. The van der Waals surface area contributed by atoms with Crippen molar-refractivity contribution in [3.8, 4) is 0 Å². The quantitative estimate of drug-likeness (QED) is 0.120. The molecule has 2 heterocycles. The molecule has 0 aliphatic carbocycles. The number of carbonyl (C=O) groups is 1. The van der Waals surface area contributed by atoms with Crippen molar-refractivity contribution in [3.63, 3.8) is 0 Å². The van der Waals surface area contributed by atoms with Crippen molar-refractivity contribution >= 4 is 70.4 Å². The predicted octanol–water partition coefficient (Wildman–Crippen LogP) is 6.60. The van der Waals surface area contributed by atoms with E-state index in [0.717, 1.165) is 39.9 Å². The molecule has 1 unspecified atom stereocenters. The number of hydrogen-bond acceptors (Lipinski definition) is 8. The molecule has 1 fully saturated rings. The molecule has 1 amide bonds. The van der Waals surface area contributed by atoms with Crippen LogP contribution in [0.5, 0.6) is 0 Å². The zero-order valence-electron chi connectivity index (χ0n) is 22.0. The van der Waals surface area contributed by atoms with Gasteiger partial charge in [0.2, 0.25) is 15.2 Å². The van der Waals surface area contributed by atoms with Crippen molar-refractivity contribution in [2.45, 2.75) is 43.5 Å².